The molecule has 0 bridgehead atoms. The van der Waals surface area contributed by atoms with Crippen LogP contribution in [-0.4, -0.2) is 22.1 Å². The first-order valence-electron chi connectivity index (χ1n) is 6.68. The van der Waals surface area contributed by atoms with Crippen molar-refractivity contribution in [1.29, 1.82) is 0 Å². The van der Waals surface area contributed by atoms with Crippen LogP contribution in [0.4, 0.5) is 0 Å². The molecule has 0 saturated heterocycles. The minimum atomic E-state index is -0.210. The Labute approximate surface area is 132 Å². The van der Waals surface area contributed by atoms with Gasteiger partial charge in [0.2, 0.25) is 0 Å². The molecule has 1 heterocycles. The lowest BCUT2D eigenvalue weighted by Crippen LogP contribution is -2.45. The Balaban J connectivity index is 1.70. The van der Waals surface area contributed by atoms with Crippen molar-refractivity contribution < 1.29 is 4.79 Å². The highest BCUT2D eigenvalue weighted by Crippen LogP contribution is 2.37. The highest BCUT2D eigenvalue weighted by atomic mass is 35.5. The Morgan fingerprint density at radius 2 is 1.90 bits per heavy atom. The molecular weight excluding hydrogens is 309 g/mol. The number of hydrogen-bond donors (Lipinski definition) is 1. The van der Waals surface area contributed by atoms with Crippen molar-refractivity contribution in [2.75, 3.05) is 0 Å². The van der Waals surface area contributed by atoms with E-state index in [1.54, 1.807) is 6.07 Å². The summed E-state index contributed by atoms with van der Waals surface area (Å²) in [4.78, 5) is 12.2. The van der Waals surface area contributed by atoms with Crippen LogP contribution in [0.3, 0.4) is 0 Å². The number of aromatic nitrogens is 2. The molecule has 1 aliphatic carbocycles. The molecular formula is C15H13Cl2N3O. The van der Waals surface area contributed by atoms with Gasteiger partial charge in [0, 0.05) is 17.0 Å². The molecule has 0 spiro atoms. The summed E-state index contributed by atoms with van der Waals surface area (Å²) < 4.78 is 0. The molecule has 3 rings (SSSR count). The fourth-order valence-electron chi connectivity index (χ4n) is 2.51. The molecule has 1 fully saturated rings. The van der Waals surface area contributed by atoms with E-state index in [0.717, 1.165) is 12.8 Å². The topological polar surface area (TPSA) is 54.9 Å². The lowest BCUT2D eigenvalue weighted by molar-refractivity contribution is 0.0904. The Morgan fingerprint density at radius 1 is 1.14 bits per heavy atom. The monoisotopic (exact) mass is 321 g/mol. The molecule has 2 atom stereocenters. The lowest BCUT2D eigenvalue weighted by Gasteiger charge is -2.37. The number of amides is 1. The molecule has 0 aliphatic heterocycles. The van der Waals surface area contributed by atoms with E-state index in [4.69, 9.17) is 23.2 Å². The third-order valence-corrected chi connectivity index (χ3v) is 4.34. The summed E-state index contributed by atoms with van der Waals surface area (Å²) in [6.07, 6.45) is 3.46. The first-order chi connectivity index (χ1) is 10.1. The molecule has 0 unspecified atom stereocenters. The van der Waals surface area contributed by atoms with E-state index < -0.39 is 0 Å². The first kappa shape index (κ1) is 14.3. The molecule has 2 aromatic rings. The van der Waals surface area contributed by atoms with E-state index in [1.807, 2.05) is 24.3 Å². The molecule has 21 heavy (non-hydrogen) atoms. The van der Waals surface area contributed by atoms with Crippen molar-refractivity contribution in [2.45, 2.75) is 24.8 Å². The van der Waals surface area contributed by atoms with E-state index >= 15 is 0 Å². The summed E-state index contributed by atoms with van der Waals surface area (Å²) >= 11 is 11.8. The van der Waals surface area contributed by atoms with Crippen LogP contribution in [0.15, 0.2) is 36.5 Å². The highest BCUT2D eigenvalue weighted by Gasteiger charge is 2.33. The van der Waals surface area contributed by atoms with Crippen LogP contribution in [0.2, 0.25) is 10.2 Å². The van der Waals surface area contributed by atoms with Crippen molar-refractivity contribution in [3.8, 4) is 0 Å². The largest absolute Gasteiger partial charge is 0.349 e. The number of nitrogens with one attached hydrogen (secondary N) is 1. The van der Waals surface area contributed by atoms with Crippen LogP contribution in [0, 0.1) is 0 Å². The second-order valence-electron chi connectivity index (χ2n) is 5.05. The van der Waals surface area contributed by atoms with E-state index in [1.165, 1.54) is 11.8 Å². The smallest absolute Gasteiger partial charge is 0.254 e. The number of nitrogens with zero attached hydrogens (tertiary/aromatic N) is 2. The van der Waals surface area contributed by atoms with Crippen molar-refractivity contribution in [1.82, 2.24) is 15.5 Å². The zero-order chi connectivity index (χ0) is 14.8. The molecule has 4 nitrogen and oxygen atoms in total. The fourth-order valence-corrected chi connectivity index (χ4v) is 2.83. The minimum absolute atomic E-state index is 0.114. The van der Waals surface area contributed by atoms with Gasteiger partial charge in [-0.1, -0.05) is 35.3 Å². The second kappa shape index (κ2) is 6.00. The van der Waals surface area contributed by atoms with E-state index in [-0.39, 0.29) is 17.1 Å². The molecule has 6 heteroatoms. The second-order valence-corrected chi connectivity index (χ2v) is 5.85. The van der Waals surface area contributed by atoms with Crippen LogP contribution in [-0.2, 0) is 0 Å². The number of hydrogen-bond acceptors (Lipinski definition) is 3. The average molecular weight is 322 g/mol. The molecule has 1 aromatic carbocycles. The number of carbonyl (C=O) groups is 1. The maximum Gasteiger partial charge on any atom is 0.254 e. The van der Waals surface area contributed by atoms with Gasteiger partial charge in [-0.05, 0) is 36.6 Å². The molecule has 108 valence electrons. The van der Waals surface area contributed by atoms with Gasteiger partial charge in [0.15, 0.2) is 5.15 Å². The van der Waals surface area contributed by atoms with Gasteiger partial charge in [-0.25, -0.2) is 0 Å². The third kappa shape index (κ3) is 3.01. The third-order valence-electron chi connectivity index (χ3n) is 3.81. The lowest BCUT2D eigenvalue weighted by atomic mass is 9.75. The molecule has 1 aromatic heterocycles. The summed E-state index contributed by atoms with van der Waals surface area (Å²) in [6, 6.07) is 9.44. The van der Waals surface area contributed by atoms with Crippen LogP contribution >= 0.6 is 23.2 Å². The molecule has 1 amide bonds. The van der Waals surface area contributed by atoms with Gasteiger partial charge in [-0.3, -0.25) is 4.79 Å². The van der Waals surface area contributed by atoms with Crippen molar-refractivity contribution in [3.05, 3.63) is 57.8 Å². The number of carbonyl (C=O) groups excluding carboxylic acids is 1. The van der Waals surface area contributed by atoms with E-state index in [9.17, 15) is 4.79 Å². The van der Waals surface area contributed by atoms with Crippen LogP contribution in [0.5, 0.6) is 0 Å². The molecule has 0 radical (unpaired) electrons. The Hall–Kier alpha value is -1.65. The molecule has 1 aliphatic rings. The van der Waals surface area contributed by atoms with Crippen molar-refractivity contribution in [2.24, 2.45) is 0 Å². The quantitative estimate of drug-likeness (QED) is 0.941. The van der Waals surface area contributed by atoms with Crippen molar-refractivity contribution >= 4 is 29.1 Å². The van der Waals surface area contributed by atoms with Gasteiger partial charge in [-0.2, -0.15) is 5.10 Å². The van der Waals surface area contributed by atoms with Gasteiger partial charge in [0.25, 0.3) is 5.91 Å². The van der Waals surface area contributed by atoms with E-state index in [0.29, 0.717) is 16.5 Å². The molecule has 1 saturated carbocycles. The SMILES string of the molecule is O=C(N[C@H]1CC[C@H]1c1ccc(Cl)cc1)c1ccnnc1Cl. The fraction of sp³-hybridized carbons (Fsp3) is 0.267. The minimum Gasteiger partial charge on any atom is -0.349 e. The molecule has 1 N–H and O–H groups in total. The van der Waals surface area contributed by atoms with Crippen molar-refractivity contribution in [3.63, 3.8) is 0 Å². The summed E-state index contributed by atoms with van der Waals surface area (Å²) in [7, 11) is 0. The maximum absolute atomic E-state index is 12.2. The van der Waals surface area contributed by atoms with Crippen LogP contribution < -0.4 is 5.32 Å². The average Bonchev–Trinajstić information content (AvgIpc) is 2.46. The summed E-state index contributed by atoms with van der Waals surface area (Å²) in [6.45, 7) is 0. The maximum atomic E-state index is 12.2. The summed E-state index contributed by atoms with van der Waals surface area (Å²) in [5.41, 5.74) is 1.54. The van der Waals surface area contributed by atoms with Gasteiger partial charge < -0.3 is 5.32 Å². The van der Waals surface area contributed by atoms with Crippen LogP contribution in [0.1, 0.15) is 34.7 Å². The normalized spacial score (nSPS) is 20.7. The number of halogens is 2. The Morgan fingerprint density at radius 3 is 2.52 bits per heavy atom. The zero-order valence-corrected chi connectivity index (χ0v) is 12.6. The first-order valence-corrected chi connectivity index (χ1v) is 7.44. The zero-order valence-electron chi connectivity index (χ0n) is 11.1. The predicted molar refractivity (Wildman–Crippen MR) is 81.7 cm³/mol. The summed E-state index contributed by atoms with van der Waals surface area (Å²) in [5.74, 6) is 0.110. The van der Waals surface area contributed by atoms with E-state index in [2.05, 4.69) is 15.5 Å². The number of rotatable bonds is 3. The highest BCUT2D eigenvalue weighted by molar-refractivity contribution is 6.32. The summed E-state index contributed by atoms with van der Waals surface area (Å²) in [5, 5.41) is 11.2. The van der Waals surface area contributed by atoms with Gasteiger partial charge in [0.05, 0.1) is 11.8 Å². The Bertz CT molecular complexity index is 660. The standard InChI is InChI=1S/C15H13Cl2N3O/c16-10-3-1-9(2-4-10)11-5-6-13(11)19-15(21)12-7-8-18-20-14(12)17/h1-4,7-8,11,13H,5-6H2,(H,19,21)/t11-,13-/m0/s1. The van der Waals surface area contributed by atoms with Gasteiger partial charge in [-0.15, -0.1) is 5.10 Å². The van der Waals surface area contributed by atoms with Gasteiger partial charge in [0.1, 0.15) is 0 Å². The Kier molecular flexibility index (Phi) is 4.08. The predicted octanol–water partition coefficient (Wildman–Crippen LogP) is 3.46. The van der Waals surface area contributed by atoms with Crippen LogP contribution in [0.25, 0.3) is 0 Å². The number of benzene rings is 1. The van der Waals surface area contributed by atoms with Gasteiger partial charge >= 0.3 is 0 Å².